The number of anilines is 2. The molecule has 0 aliphatic rings. The predicted octanol–water partition coefficient (Wildman–Crippen LogP) is 1.76. The fourth-order valence-corrected chi connectivity index (χ4v) is 1.91. The molecule has 1 aromatic rings. The lowest BCUT2D eigenvalue weighted by molar-refractivity contribution is 0.0635. The molecule has 4 N–H and O–H groups in total. The number of rotatable bonds is 6. The molecule has 0 aromatic carbocycles. The Morgan fingerprint density at radius 2 is 2.12 bits per heavy atom. The molecule has 1 unspecified atom stereocenters. The molecule has 1 heterocycles. The van der Waals surface area contributed by atoms with Crippen LogP contribution in [0, 0.1) is 6.92 Å². The highest BCUT2D eigenvalue weighted by Crippen LogP contribution is 2.23. The van der Waals surface area contributed by atoms with Crippen LogP contribution in [0.5, 0.6) is 0 Å². The maximum absolute atomic E-state index is 10.1. The van der Waals surface area contributed by atoms with E-state index in [2.05, 4.69) is 17.3 Å². The van der Waals surface area contributed by atoms with Crippen molar-refractivity contribution in [2.24, 2.45) is 0 Å². The van der Waals surface area contributed by atoms with E-state index in [0.29, 0.717) is 12.2 Å². The van der Waals surface area contributed by atoms with Gasteiger partial charge in [0.05, 0.1) is 17.0 Å². The Morgan fingerprint density at radius 3 is 2.65 bits per heavy atom. The van der Waals surface area contributed by atoms with E-state index in [0.717, 1.165) is 30.9 Å². The number of nitrogens with zero attached hydrogens (tertiary/aromatic N) is 2. The minimum absolute atomic E-state index is 0.482. The smallest absolute Gasteiger partial charge is 0.148 e. The minimum atomic E-state index is -0.710. The zero-order chi connectivity index (χ0) is 13.1. The van der Waals surface area contributed by atoms with Crippen LogP contribution in [0.4, 0.5) is 11.5 Å². The van der Waals surface area contributed by atoms with Crippen LogP contribution in [0.2, 0.25) is 0 Å². The molecule has 0 aliphatic heterocycles. The molecule has 5 heteroatoms. The normalized spacial score (nSPS) is 14.6. The molecule has 1 rings (SSSR count). The molecule has 0 spiro atoms. The number of nitrogens with one attached hydrogen (secondary N) is 1. The molecule has 0 fully saturated rings. The van der Waals surface area contributed by atoms with Crippen LogP contribution in [0.15, 0.2) is 0 Å². The summed E-state index contributed by atoms with van der Waals surface area (Å²) in [5.41, 5.74) is 6.73. The third kappa shape index (κ3) is 3.36. The topological polar surface area (TPSA) is 76.1 Å². The number of aliphatic hydroxyl groups is 1. The van der Waals surface area contributed by atoms with Crippen molar-refractivity contribution in [2.75, 3.05) is 17.6 Å². The molecule has 0 saturated carbocycles. The highest BCUT2D eigenvalue weighted by atomic mass is 16.3. The van der Waals surface area contributed by atoms with Gasteiger partial charge in [-0.3, -0.25) is 0 Å². The van der Waals surface area contributed by atoms with Gasteiger partial charge in [0.2, 0.25) is 0 Å². The lowest BCUT2D eigenvalue weighted by Crippen LogP contribution is -2.33. The van der Waals surface area contributed by atoms with E-state index in [9.17, 15) is 5.11 Å². The van der Waals surface area contributed by atoms with Gasteiger partial charge in [0.15, 0.2) is 0 Å². The third-order valence-corrected chi connectivity index (χ3v) is 2.90. The van der Waals surface area contributed by atoms with Gasteiger partial charge < -0.3 is 16.2 Å². The average molecular weight is 240 g/mol. The molecule has 0 saturated heterocycles. The van der Waals surface area contributed by atoms with Crippen molar-refractivity contribution in [1.82, 2.24) is 9.78 Å². The summed E-state index contributed by atoms with van der Waals surface area (Å²) in [7, 11) is 0. The molecule has 17 heavy (non-hydrogen) atoms. The Morgan fingerprint density at radius 1 is 1.47 bits per heavy atom. The molecular formula is C12H24N4O. The van der Waals surface area contributed by atoms with Gasteiger partial charge in [-0.15, -0.1) is 0 Å². The largest absolute Gasteiger partial charge is 0.394 e. The van der Waals surface area contributed by atoms with E-state index >= 15 is 0 Å². The second kappa shape index (κ2) is 5.40. The summed E-state index contributed by atoms with van der Waals surface area (Å²) in [6, 6.07) is 0. The van der Waals surface area contributed by atoms with Crippen LogP contribution in [0.25, 0.3) is 0 Å². The van der Waals surface area contributed by atoms with Crippen LogP contribution < -0.4 is 11.1 Å². The van der Waals surface area contributed by atoms with E-state index in [1.54, 1.807) is 0 Å². The molecule has 0 bridgehead atoms. The second-order valence-corrected chi connectivity index (χ2v) is 4.76. The van der Waals surface area contributed by atoms with Crippen molar-refractivity contribution >= 4 is 11.5 Å². The molecule has 0 radical (unpaired) electrons. The number of hydrogen-bond donors (Lipinski definition) is 3. The monoisotopic (exact) mass is 240 g/mol. The molecule has 98 valence electrons. The molecular weight excluding hydrogens is 216 g/mol. The van der Waals surface area contributed by atoms with E-state index in [1.807, 2.05) is 25.5 Å². The number of nitrogen functional groups attached to an aromatic ring is 1. The Hall–Kier alpha value is -1.23. The van der Waals surface area contributed by atoms with Crippen molar-refractivity contribution in [3.63, 3.8) is 0 Å². The van der Waals surface area contributed by atoms with Gasteiger partial charge in [0.1, 0.15) is 5.82 Å². The van der Waals surface area contributed by atoms with Crippen molar-refractivity contribution in [1.29, 1.82) is 0 Å². The summed E-state index contributed by atoms with van der Waals surface area (Å²) >= 11 is 0. The van der Waals surface area contributed by atoms with Crippen LogP contribution in [-0.4, -0.2) is 27.0 Å². The van der Waals surface area contributed by atoms with Crippen molar-refractivity contribution in [3.8, 4) is 0 Å². The van der Waals surface area contributed by atoms with Crippen LogP contribution in [0.1, 0.15) is 39.3 Å². The first-order valence-corrected chi connectivity index (χ1v) is 6.20. The quantitative estimate of drug-likeness (QED) is 0.708. The van der Waals surface area contributed by atoms with Gasteiger partial charge in [-0.1, -0.05) is 13.3 Å². The number of aryl methyl sites for hydroxylation is 2. The second-order valence-electron chi connectivity index (χ2n) is 4.76. The van der Waals surface area contributed by atoms with Crippen LogP contribution in [-0.2, 0) is 6.54 Å². The molecule has 0 amide bonds. The highest BCUT2D eigenvalue weighted by molar-refractivity contribution is 5.64. The summed E-state index contributed by atoms with van der Waals surface area (Å²) in [6.45, 7) is 9.03. The lowest BCUT2D eigenvalue weighted by atomic mass is 10.0. The fraction of sp³-hybridized carbons (Fsp3) is 0.750. The van der Waals surface area contributed by atoms with E-state index in [1.165, 1.54) is 0 Å². The Bertz CT molecular complexity index is 371. The molecule has 5 nitrogen and oxygen atoms in total. The summed E-state index contributed by atoms with van der Waals surface area (Å²) in [5.74, 6) is 0.807. The summed E-state index contributed by atoms with van der Waals surface area (Å²) in [6.07, 6.45) is 1.72. The Balaban J connectivity index is 2.75. The SMILES string of the molecule is CCCC(C)(O)CNc1c(N)c(C)nn1CC. The highest BCUT2D eigenvalue weighted by Gasteiger charge is 2.20. The Labute approximate surface area is 103 Å². The minimum Gasteiger partial charge on any atom is -0.394 e. The van der Waals surface area contributed by atoms with Crippen LogP contribution >= 0.6 is 0 Å². The average Bonchev–Trinajstić information content (AvgIpc) is 2.52. The zero-order valence-electron chi connectivity index (χ0n) is 11.2. The first-order valence-electron chi connectivity index (χ1n) is 6.20. The number of nitrogens with two attached hydrogens (primary N) is 1. The van der Waals surface area contributed by atoms with E-state index in [4.69, 9.17) is 5.73 Å². The standard InChI is InChI=1S/C12H24N4O/c1-5-7-12(4,17)8-14-11-10(13)9(3)15-16(11)6-2/h14,17H,5-8,13H2,1-4H3. The Kier molecular flexibility index (Phi) is 4.40. The lowest BCUT2D eigenvalue weighted by Gasteiger charge is -2.23. The van der Waals surface area contributed by atoms with Crippen molar-refractivity contribution < 1.29 is 5.11 Å². The predicted molar refractivity (Wildman–Crippen MR) is 71.1 cm³/mol. The van der Waals surface area contributed by atoms with Crippen molar-refractivity contribution in [2.45, 2.75) is 52.7 Å². The summed E-state index contributed by atoms with van der Waals surface area (Å²) in [4.78, 5) is 0. The zero-order valence-corrected chi connectivity index (χ0v) is 11.2. The van der Waals surface area contributed by atoms with Crippen LogP contribution in [0.3, 0.4) is 0 Å². The van der Waals surface area contributed by atoms with E-state index in [-0.39, 0.29) is 0 Å². The third-order valence-electron chi connectivity index (χ3n) is 2.90. The maximum Gasteiger partial charge on any atom is 0.148 e. The van der Waals surface area contributed by atoms with Crippen molar-refractivity contribution in [3.05, 3.63) is 5.69 Å². The molecule has 1 aromatic heterocycles. The van der Waals surface area contributed by atoms with E-state index < -0.39 is 5.60 Å². The van der Waals surface area contributed by atoms with Gasteiger partial charge in [0.25, 0.3) is 0 Å². The van der Waals surface area contributed by atoms with Gasteiger partial charge in [0, 0.05) is 13.1 Å². The van der Waals surface area contributed by atoms with Gasteiger partial charge in [-0.05, 0) is 27.2 Å². The molecule has 0 aliphatic carbocycles. The first-order chi connectivity index (χ1) is 7.91. The van der Waals surface area contributed by atoms with Gasteiger partial charge in [-0.2, -0.15) is 5.10 Å². The van der Waals surface area contributed by atoms with Gasteiger partial charge >= 0.3 is 0 Å². The first kappa shape index (κ1) is 13.8. The summed E-state index contributed by atoms with van der Waals surface area (Å²) in [5, 5.41) is 17.6. The number of hydrogen-bond acceptors (Lipinski definition) is 4. The maximum atomic E-state index is 10.1. The fourth-order valence-electron chi connectivity index (χ4n) is 1.91. The number of aromatic nitrogens is 2. The summed E-state index contributed by atoms with van der Waals surface area (Å²) < 4.78 is 1.83. The molecule has 1 atom stereocenters. The van der Waals surface area contributed by atoms with Gasteiger partial charge in [-0.25, -0.2) is 4.68 Å².